The summed E-state index contributed by atoms with van der Waals surface area (Å²) in [5.41, 5.74) is 2.05. The van der Waals surface area contributed by atoms with Crippen LogP contribution in [0, 0.1) is 11.5 Å². The molecule has 23 heavy (non-hydrogen) atoms. The summed E-state index contributed by atoms with van der Waals surface area (Å²) in [5.74, 6) is 0.178. The molecule has 6 heteroatoms. The van der Waals surface area contributed by atoms with Gasteiger partial charge in [-0.1, -0.05) is 30.3 Å². The van der Waals surface area contributed by atoms with Gasteiger partial charge in [-0.3, -0.25) is 4.79 Å². The molecule has 6 nitrogen and oxygen atoms in total. The number of hydrogen-bond acceptors (Lipinski definition) is 5. The number of pyridine rings is 1. The number of anilines is 1. The average Bonchev–Trinajstić information content (AvgIpc) is 2.63. The Morgan fingerprint density at radius 3 is 2.78 bits per heavy atom. The first kappa shape index (κ1) is 15.0. The zero-order chi connectivity index (χ0) is 16.1. The van der Waals surface area contributed by atoms with Crippen molar-refractivity contribution in [1.82, 2.24) is 9.88 Å². The molecular weight excluding hydrogens is 292 g/mol. The fourth-order valence-corrected chi connectivity index (χ4v) is 2.37. The molecule has 0 saturated carbocycles. The van der Waals surface area contributed by atoms with Crippen LogP contribution in [0.1, 0.15) is 0 Å². The first-order chi connectivity index (χ1) is 11.3. The van der Waals surface area contributed by atoms with E-state index in [0.717, 1.165) is 11.1 Å². The molecule has 0 spiro atoms. The molecule has 2 heterocycles. The predicted molar refractivity (Wildman–Crippen MR) is 85.2 cm³/mol. The van der Waals surface area contributed by atoms with E-state index in [4.69, 9.17) is 10.00 Å². The molecular formula is C17H16N4O2. The maximum Gasteiger partial charge on any atom is 0.256 e. The fourth-order valence-electron chi connectivity index (χ4n) is 2.37. The molecule has 0 aliphatic carbocycles. The van der Waals surface area contributed by atoms with Gasteiger partial charge >= 0.3 is 0 Å². The standard InChI is InChI=1S/C17H16N4O2/c18-12-21-8-9-23-15(11-21)17(22)20-16-7-6-14(10-19-16)13-4-2-1-3-5-13/h1-7,10,15H,8-9,11H2,(H,19,20,22). The molecule has 1 saturated heterocycles. The Balaban J connectivity index is 1.64. The lowest BCUT2D eigenvalue weighted by molar-refractivity contribution is -0.131. The smallest absolute Gasteiger partial charge is 0.256 e. The third-order valence-corrected chi connectivity index (χ3v) is 3.62. The Bertz CT molecular complexity index is 710. The second-order valence-corrected chi connectivity index (χ2v) is 5.19. The summed E-state index contributed by atoms with van der Waals surface area (Å²) in [7, 11) is 0. The average molecular weight is 308 g/mol. The van der Waals surface area contributed by atoms with Crippen molar-refractivity contribution in [2.75, 3.05) is 25.0 Å². The third kappa shape index (κ3) is 3.65. The lowest BCUT2D eigenvalue weighted by Crippen LogP contribution is -2.46. The molecule has 1 unspecified atom stereocenters. The zero-order valence-electron chi connectivity index (χ0n) is 12.5. The van der Waals surface area contributed by atoms with Crippen LogP contribution in [0.3, 0.4) is 0 Å². The normalized spacial score (nSPS) is 17.3. The number of morpholine rings is 1. The van der Waals surface area contributed by atoms with E-state index in [0.29, 0.717) is 19.0 Å². The summed E-state index contributed by atoms with van der Waals surface area (Å²) in [5, 5.41) is 11.6. The number of benzene rings is 1. The van der Waals surface area contributed by atoms with E-state index in [9.17, 15) is 4.79 Å². The maximum absolute atomic E-state index is 12.2. The number of nitrogens with zero attached hydrogens (tertiary/aromatic N) is 3. The number of carbonyl (C=O) groups excluding carboxylic acids is 1. The first-order valence-corrected chi connectivity index (χ1v) is 7.35. The van der Waals surface area contributed by atoms with Crippen LogP contribution in [0.25, 0.3) is 11.1 Å². The highest BCUT2D eigenvalue weighted by Crippen LogP contribution is 2.19. The van der Waals surface area contributed by atoms with Crippen molar-refractivity contribution in [2.45, 2.75) is 6.10 Å². The quantitative estimate of drug-likeness (QED) is 0.876. The molecule has 1 aliphatic heterocycles. The van der Waals surface area contributed by atoms with Crippen molar-refractivity contribution >= 4 is 11.7 Å². The number of nitriles is 1. The van der Waals surface area contributed by atoms with E-state index < -0.39 is 6.10 Å². The van der Waals surface area contributed by atoms with E-state index >= 15 is 0 Å². The number of carbonyl (C=O) groups is 1. The molecule has 0 bridgehead atoms. The SMILES string of the molecule is N#CN1CCOC(C(=O)Nc2ccc(-c3ccccc3)cn2)C1. The van der Waals surface area contributed by atoms with Crippen LogP contribution in [0.2, 0.25) is 0 Å². The summed E-state index contributed by atoms with van der Waals surface area (Å²) in [4.78, 5) is 17.9. The topological polar surface area (TPSA) is 78.2 Å². The number of ether oxygens (including phenoxy) is 1. The van der Waals surface area contributed by atoms with Crippen LogP contribution in [-0.2, 0) is 9.53 Å². The molecule has 1 N–H and O–H groups in total. The first-order valence-electron chi connectivity index (χ1n) is 7.35. The molecule has 3 rings (SSSR count). The minimum Gasteiger partial charge on any atom is -0.365 e. The lowest BCUT2D eigenvalue weighted by Gasteiger charge is -2.28. The molecule has 1 atom stereocenters. The van der Waals surface area contributed by atoms with Crippen molar-refractivity contribution in [3.63, 3.8) is 0 Å². The number of nitrogens with one attached hydrogen (secondary N) is 1. The molecule has 2 aromatic rings. The third-order valence-electron chi connectivity index (χ3n) is 3.62. The highest BCUT2D eigenvalue weighted by Gasteiger charge is 2.26. The summed E-state index contributed by atoms with van der Waals surface area (Å²) < 4.78 is 5.40. The second kappa shape index (κ2) is 6.90. The minimum atomic E-state index is -0.654. The summed E-state index contributed by atoms with van der Waals surface area (Å²) in [6.07, 6.45) is 3.10. The Labute approximate surface area is 134 Å². The number of aromatic nitrogens is 1. The molecule has 1 aromatic heterocycles. The Morgan fingerprint density at radius 2 is 2.09 bits per heavy atom. The van der Waals surface area contributed by atoms with Gasteiger partial charge in [-0.25, -0.2) is 4.98 Å². The van der Waals surface area contributed by atoms with Crippen molar-refractivity contribution < 1.29 is 9.53 Å². The largest absolute Gasteiger partial charge is 0.365 e. The molecule has 116 valence electrons. The van der Waals surface area contributed by atoms with Gasteiger partial charge < -0.3 is 15.0 Å². The summed E-state index contributed by atoms with van der Waals surface area (Å²) in [6.45, 7) is 1.15. The van der Waals surface area contributed by atoms with Gasteiger partial charge in [-0.05, 0) is 17.7 Å². The van der Waals surface area contributed by atoms with Gasteiger partial charge in [-0.2, -0.15) is 5.26 Å². The molecule has 0 radical (unpaired) electrons. The second-order valence-electron chi connectivity index (χ2n) is 5.19. The monoisotopic (exact) mass is 308 g/mol. The van der Waals surface area contributed by atoms with Crippen LogP contribution in [0.4, 0.5) is 5.82 Å². The Morgan fingerprint density at radius 1 is 1.26 bits per heavy atom. The van der Waals surface area contributed by atoms with Gasteiger partial charge in [0.05, 0.1) is 19.7 Å². The maximum atomic E-state index is 12.2. The van der Waals surface area contributed by atoms with Gasteiger partial charge in [-0.15, -0.1) is 0 Å². The van der Waals surface area contributed by atoms with Crippen LogP contribution in [0.5, 0.6) is 0 Å². The Hall–Kier alpha value is -2.91. The Kier molecular flexibility index (Phi) is 4.50. The van der Waals surface area contributed by atoms with Crippen LogP contribution in [0.15, 0.2) is 48.7 Å². The van der Waals surface area contributed by atoms with Crippen LogP contribution in [-0.4, -0.2) is 41.6 Å². The highest BCUT2D eigenvalue weighted by atomic mass is 16.5. The summed E-state index contributed by atoms with van der Waals surface area (Å²) >= 11 is 0. The van der Waals surface area contributed by atoms with Crippen LogP contribution >= 0.6 is 0 Å². The van der Waals surface area contributed by atoms with Crippen molar-refractivity contribution in [3.8, 4) is 17.3 Å². The molecule has 1 amide bonds. The van der Waals surface area contributed by atoms with E-state index in [-0.39, 0.29) is 12.5 Å². The van der Waals surface area contributed by atoms with Gasteiger partial charge in [0.1, 0.15) is 5.82 Å². The molecule has 1 fully saturated rings. The zero-order valence-corrected chi connectivity index (χ0v) is 12.5. The van der Waals surface area contributed by atoms with Crippen LogP contribution < -0.4 is 5.32 Å². The van der Waals surface area contributed by atoms with E-state index in [1.165, 1.54) is 4.90 Å². The lowest BCUT2D eigenvalue weighted by atomic mass is 10.1. The van der Waals surface area contributed by atoms with E-state index in [1.54, 1.807) is 12.3 Å². The van der Waals surface area contributed by atoms with Crippen molar-refractivity contribution in [1.29, 1.82) is 5.26 Å². The molecule has 1 aliphatic rings. The van der Waals surface area contributed by atoms with Gasteiger partial charge in [0.15, 0.2) is 12.3 Å². The summed E-state index contributed by atoms with van der Waals surface area (Å²) in [6, 6.07) is 13.6. The predicted octanol–water partition coefficient (Wildman–Crippen LogP) is 1.87. The number of hydrogen-bond donors (Lipinski definition) is 1. The highest BCUT2D eigenvalue weighted by molar-refractivity contribution is 5.93. The van der Waals surface area contributed by atoms with Gasteiger partial charge in [0, 0.05) is 11.8 Å². The molecule has 1 aromatic carbocycles. The van der Waals surface area contributed by atoms with E-state index in [2.05, 4.69) is 10.3 Å². The van der Waals surface area contributed by atoms with Crippen molar-refractivity contribution in [3.05, 3.63) is 48.7 Å². The fraction of sp³-hybridized carbons (Fsp3) is 0.235. The van der Waals surface area contributed by atoms with E-state index in [1.807, 2.05) is 42.6 Å². The van der Waals surface area contributed by atoms with Gasteiger partial charge in [0.2, 0.25) is 0 Å². The van der Waals surface area contributed by atoms with Crippen molar-refractivity contribution in [2.24, 2.45) is 0 Å². The number of rotatable bonds is 3. The minimum absolute atomic E-state index is 0.268. The van der Waals surface area contributed by atoms with Gasteiger partial charge in [0.25, 0.3) is 5.91 Å². The number of amides is 1.